The number of morpholine rings is 1. The van der Waals surface area contributed by atoms with Crippen molar-refractivity contribution >= 4 is 11.8 Å². The van der Waals surface area contributed by atoms with Crippen molar-refractivity contribution in [2.45, 2.75) is 58.1 Å². The molecule has 2 N–H and O–H groups in total. The summed E-state index contributed by atoms with van der Waals surface area (Å²) in [5, 5.41) is 6.86. The summed E-state index contributed by atoms with van der Waals surface area (Å²) < 4.78 is 5.63. The predicted molar refractivity (Wildman–Crippen MR) is 111 cm³/mol. The van der Waals surface area contributed by atoms with E-state index < -0.39 is 0 Å². The van der Waals surface area contributed by atoms with Gasteiger partial charge < -0.3 is 20.3 Å². The van der Waals surface area contributed by atoms with Crippen LogP contribution >= 0.6 is 0 Å². The largest absolute Gasteiger partial charge is 0.375 e. The Balaban J connectivity index is 1.41. The Kier molecular flexibility index (Phi) is 7.75. The second kappa shape index (κ2) is 10.5. The zero-order chi connectivity index (χ0) is 18.9. The van der Waals surface area contributed by atoms with E-state index in [0.717, 1.165) is 50.5 Å². The molecule has 2 fully saturated rings. The molecule has 1 aliphatic carbocycles. The van der Waals surface area contributed by atoms with Gasteiger partial charge in [0, 0.05) is 39.4 Å². The van der Waals surface area contributed by atoms with Gasteiger partial charge in [-0.3, -0.25) is 4.99 Å². The first-order valence-electron chi connectivity index (χ1n) is 10.5. The van der Waals surface area contributed by atoms with E-state index in [1.54, 1.807) is 0 Å². The van der Waals surface area contributed by atoms with E-state index >= 15 is 0 Å². The number of pyridine rings is 1. The van der Waals surface area contributed by atoms with Crippen LogP contribution in [-0.2, 0) is 11.3 Å². The number of hydrogen-bond donors (Lipinski definition) is 2. The van der Waals surface area contributed by atoms with E-state index in [-0.39, 0.29) is 6.10 Å². The van der Waals surface area contributed by atoms with Gasteiger partial charge in [0.25, 0.3) is 0 Å². The number of rotatable bonds is 7. The van der Waals surface area contributed by atoms with Crippen LogP contribution in [0.4, 0.5) is 5.82 Å². The third kappa shape index (κ3) is 6.38. The van der Waals surface area contributed by atoms with Crippen molar-refractivity contribution in [2.75, 3.05) is 38.2 Å². The van der Waals surface area contributed by atoms with E-state index in [4.69, 9.17) is 4.74 Å². The third-order valence-electron chi connectivity index (χ3n) is 5.61. The SMILES string of the molecule is CN=C(NCCCC1CCCC1)NCc1ccnc(N2CCOC(C)C2)c1. The van der Waals surface area contributed by atoms with Crippen LogP contribution < -0.4 is 15.5 Å². The lowest BCUT2D eigenvalue weighted by Gasteiger charge is -2.32. The van der Waals surface area contributed by atoms with Gasteiger partial charge >= 0.3 is 0 Å². The highest BCUT2D eigenvalue weighted by Crippen LogP contribution is 2.28. The van der Waals surface area contributed by atoms with Crippen molar-refractivity contribution in [1.82, 2.24) is 15.6 Å². The van der Waals surface area contributed by atoms with Crippen LogP contribution in [0.15, 0.2) is 23.3 Å². The first-order chi connectivity index (χ1) is 13.2. The first-order valence-corrected chi connectivity index (χ1v) is 10.5. The Morgan fingerprint density at radius 2 is 2.19 bits per heavy atom. The predicted octanol–water partition coefficient (Wildman–Crippen LogP) is 2.94. The van der Waals surface area contributed by atoms with Crippen molar-refractivity contribution in [2.24, 2.45) is 10.9 Å². The number of ether oxygens (including phenoxy) is 1. The molecule has 3 rings (SSSR count). The van der Waals surface area contributed by atoms with Gasteiger partial charge in [0.05, 0.1) is 12.7 Å². The molecule has 6 nitrogen and oxygen atoms in total. The van der Waals surface area contributed by atoms with Gasteiger partial charge in [-0.1, -0.05) is 25.7 Å². The van der Waals surface area contributed by atoms with Crippen molar-refractivity contribution in [3.8, 4) is 0 Å². The van der Waals surface area contributed by atoms with Crippen molar-refractivity contribution in [1.29, 1.82) is 0 Å². The quantitative estimate of drug-likeness (QED) is 0.437. The molecular weight excluding hydrogens is 338 g/mol. The van der Waals surface area contributed by atoms with Crippen LogP contribution in [0.3, 0.4) is 0 Å². The molecule has 0 radical (unpaired) electrons. The summed E-state index contributed by atoms with van der Waals surface area (Å²) in [5.41, 5.74) is 1.22. The number of nitrogens with zero attached hydrogens (tertiary/aromatic N) is 3. The van der Waals surface area contributed by atoms with Crippen LogP contribution in [0.2, 0.25) is 0 Å². The van der Waals surface area contributed by atoms with Gasteiger partial charge in [-0.2, -0.15) is 0 Å². The summed E-state index contributed by atoms with van der Waals surface area (Å²) in [7, 11) is 1.83. The minimum atomic E-state index is 0.259. The lowest BCUT2D eigenvalue weighted by atomic mass is 10.0. The number of aliphatic imine (C=N–C) groups is 1. The Bertz CT molecular complexity index is 600. The summed E-state index contributed by atoms with van der Waals surface area (Å²) in [6.07, 6.45) is 10.4. The Labute approximate surface area is 163 Å². The minimum absolute atomic E-state index is 0.259. The normalized spacial score (nSPS) is 21.5. The molecule has 1 unspecified atom stereocenters. The maximum absolute atomic E-state index is 5.63. The molecule has 1 aromatic heterocycles. The van der Waals surface area contributed by atoms with E-state index in [9.17, 15) is 0 Å². The van der Waals surface area contributed by atoms with E-state index in [0.29, 0.717) is 0 Å². The number of anilines is 1. The molecule has 1 saturated carbocycles. The van der Waals surface area contributed by atoms with Crippen LogP contribution in [-0.4, -0.2) is 50.3 Å². The van der Waals surface area contributed by atoms with Crippen LogP contribution in [0.25, 0.3) is 0 Å². The van der Waals surface area contributed by atoms with Gasteiger partial charge in [0.2, 0.25) is 0 Å². The fourth-order valence-electron chi connectivity index (χ4n) is 4.07. The van der Waals surface area contributed by atoms with Gasteiger partial charge in [0.1, 0.15) is 5.82 Å². The summed E-state index contributed by atoms with van der Waals surface area (Å²) in [6, 6.07) is 4.23. The number of hydrogen-bond acceptors (Lipinski definition) is 4. The van der Waals surface area contributed by atoms with Crippen LogP contribution in [0, 0.1) is 5.92 Å². The first kappa shape index (κ1) is 19.9. The number of nitrogens with one attached hydrogen (secondary N) is 2. The lowest BCUT2D eigenvalue weighted by molar-refractivity contribution is 0.0529. The Morgan fingerprint density at radius 3 is 2.96 bits per heavy atom. The smallest absolute Gasteiger partial charge is 0.191 e. The monoisotopic (exact) mass is 373 g/mol. The van der Waals surface area contributed by atoms with E-state index in [2.05, 4.69) is 44.6 Å². The second-order valence-corrected chi connectivity index (χ2v) is 7.79. The summed E-state index contributed by atoms with van der Waals surface area (Å²) in [6.45, 7) is 6.41. The zero-order valence-corrected chi connectivity index (χ0v) is 16.9. The molecule has 1 aliphatic heterocycles. The van der Waals surface area contributed by atoms with Crippen molar-refractivity contribution < 1.29 is 4.74 Å². The molecule has 27 heavy (non-hydrogen) atoms. The average Bonchev–Trinajstić information content (AvgIpc) is 3.21. The fraction of sp³-hybridized carbons (Fsp3) is 0.714. The van der Waals surface area contributed by atoms with E-state index in [1.165, 1.54) is 44.1 Å². The molecule has 6 heteroatoms. The second-order valence-electron chi connectivity index (χ2n) is 7.79. The van der Waals surface area contributed by atoms with Crippen molar-refractivity contribution in [3.05, 3.63) is 23.9 Å². The maximum atomic E-state index is 5.63. The molecule has 0 bridgehead atoms. The highest BCUT2D eigenvalue weighted by Gasteiger charge is 2.18. The summed E-state index contributed by atoms with van der Waals surface area (Å²) in [4.78, 5) is 11.2. The minimum Gasteiger partial charge on any atom is -0.375 e. The Morgan fingerprint density at radius 1 is 1.33 bits per heavy atom. The molecule has 0 aromatic carbocycles. The lowest BCUT2D eigenvalue weighted by Crippen LogP contribution is -2.41. The third-order valence-corrected chi connectivity index (χ3v) is 5.61. The van der Waals surface area contributed by atoms with Gasteiger partial charge in [-0.25, -0.2) is 4.98 Å². The van der Waals surface area contributed by atoms with Gasteiger partial charge in [0.15, 0.2) is 5.96 Å². The average molecular weight is 374 g/mol. The summed E-state index contributed by atoms with van der Waals surface area (Å²) >= 11 is 0. The van der Waals surface area contributed by atoms with Crippen molar-refractivity contribution in [3.63, 3.8) is 0 Å². The van der Waals surface area contributed by atoms with Crippen LogP contribution in [0.1, 0.15) is 51.0 Å². The molecule has 2 aliphatic rings. The molecule has 1 saturated heterocycles. The van der Waals surface area contributed by atoms with Crippen LogP contribution in [0.5, 0.6) is 0 Å². The molecular formula is C21H35N5O. The highest BCUT2D eigenvalue weighted by atomic mass is 16.5. The maximum Gasteiger partial charge on any atom is 0.191 e. The highest BCUT2D eigenvalue weighted by molar-refractivity contribution is 5.79. The van der Waals surface area contributed by atoms with E-state index in [1.807, 2.05) is 13.2 Å². The molecule has 150 valence electrons. The molecule has 2 heterocycles. The number of aromatic nitrogens is 1. The molecule has 0 spiro atoms. The van der Waals surface area contributed by atoms with Gasteiger partial charge in [-0.05, 0) is 43.4 Å². The topological polar surface area (TPSA) is 61.8 Å². The zero-order valence-electron chi connectivity index (χ0n) is 16.9. The molecule has 1 aromatic rings. The Hall–Kier alpha value is -1.82. The molecule has 1 atom stereocenters. The number of guanidine groups is 1. The summed E-state index contributed by atoms with van der Waals surface area (Å²) in [5.74, 6) is 2.86. The fourth-order valence-corrected chi connectivity index (χ4v) is 4.07. The van der Waals surface area contributed by atoms with Gasteiger partial charge in [-0.15, -0.1) is 0 Å². The standard InChI is InChI=1S/C21H35N5O/c1-17-16-26(12-13-27-17)20-14-19(9-11-23-20)15-25-21(22-2)24-10-5-8-18-6-3-4-7-18/h9,11,14,17-18H,3-8,10,12-13,15-16H2,1-2H3,(H2,22,24,25). The molecule has 0 amide bonds.